The molecular formula is C35H36ClFN8O4. The van der Waals surface area contributed by atoms with Crippen LogP contribution in [0, 0.1) is 5.82 Å². The first-order chi connectivity index (χ1) is 23.6. The van der Waals surface area contributed by atoms with Gasteiger partial charge in [0.15, 0.2) is 11.2 Å². The molecule has 49 heavy (non-hydrogen) atoms. The van der Waals surface area contributed by atoms with Crippen molar-refractivity contribution in [3.05, 3.63) is 93.4 Å². The number of Topliss-reactive ketones (excluding diaryl/α,β-unsaturated/α-hetero) is 1. The van der Waals surface area contributed by atoms with E-state index in [-0.39, 0.29) is 35.4 Å². The Morgan fingerprint density at radius 2 is 1.96 bits per heavy atom. The van der Waals surface area contributed by atoms with Crippen LogP contribution in [0.3, 0.4) is 0 Å². The molecule has 0 radical (unpaired) electrons. The molecule has 2 aliphatic rings. The minimum absolute atomic E-state index is 0.0174. The van der Waals surface area contributed by atoms with E-state index in [9.17, 15) is 9.59 Å². The lowest BCUT2D eigenvalue weighted by atomic mass is 10.00. The Morgan fingerprint density at radius 1 is 1.14 bits per heavy atom. The average Bonchev–Trinajstić information content (AvgIpc) is 3.75. The van der Waals surface area contributed by atoms with Crippen molar-refractivity contribution in [3.8, 4) is 17.4 Å². The zero-order chi connectivity index (χ0) is 34.4. The predicted molar refractivity (Wildman–Crippen MR) is 185 cm³/mol. The summed E-state index contributed by atoms with van der Waals surface area (Å²) in [5, 5.41) is 7.41. The number of benzene rings is 1. The second-order valence-electron chi connectivity index (χ2n) is 12.7. The van der Waals surface area contributed by atoms with Gasteiger partial charge in [0.1, 0.15) is 23.3 Å². The summed E-state index contributed by atoms with van der Waals surface area (Å²) in [6.45, 7) is 3.69. The minimum Gasteiger partial charge on any atom is -0.481 e. The fraction of sp³-hybridized carbons (Fsp3) is 0.343. The van der Waals surface area contributed by atoms with E-state index in [1.54, 1.807) is 35.2 Å². The molecule has 2 atom stereocenters. The van der Waals surface area contributed by atoms with Gasteiger partial charge in [-0.15, -0.1) is 0 Å². The first-order valence-corrected chi connectivity index (χ1v) is 16.3. The predicted octanol–water partition coefficient (Wildman–Crippen LogP) is 4.70. The van der Waals surface area contributed by atoms with Gasteiger partial charge in [-0.1, -0.05) is 11.6 Å². The van der Waals surface area contributed by atoms with Crippen LogP contribution in [0.1, 0.15) is 35.2 Å². The Bertz CT molecular complexity index is 2070. The highest BCUT2D eigenvalue weighted by Crippen LogP contribution is 2.38. The van der Waals surface area contributed by atoms with Gasteiger partial charge >= 0.3 is 0 Å². The van der Waals surface area contributed by atoms with Gasteiger partial charge in [0.2, 0.25) is 11.8 Å². The Kier molecular flexibility index (Phi) is 8.72. The number of pyridine rings is 3. The number of methoxy groups -OCH3 is 1. The van der Waals surface area contributed by atoms with Crippen LogP contribution < -0.4 is 24.7 Å². The Balaban J connectivity index is 1.28. The van der Waals surface area contributed by atoms with Gasteiger partial charge in [0.05, 0.1) is 48.0 Å². The van der Waals surface area contributed by atoms with Crippen molar-refractivity contribution in [1.29, 1.82) is 0 Å². The largest absolute Gasteiger partial charge is 0.481 e. The molecule has 0 amide bonds. The Morgan fingerprint density at radius 3 is 2.63 bits per heavy atom. The molecule has 0 bridgehead atoms. The number of rotatable bonds is 10. The topological polar surface area (TPSA) is 122 Å². The van der Waals surface area contributed by atoms with Crippen molar-refractivity contribution in [2.45, 2.75) is 31.3 Å². The number of aromatic nitrogens is 5. The molecule has 12 nitrogen and oxygen atoms in total. The van der Waals surface area contributed by atoms with Crippen LogP contribution in [-0.2, 0) is 0 Å². The summed E-state index contributed by atoms with van der Waals surface area (Å²) in [6, 6.07) is 10.2. The highest BCUT2D eigenvalue weighted by atomic mass is 35.5. The summed E-state index contributed by atoms with van der Waals surface area (Å²) in [5.74, 6) is 0.421. The first-order valence-electron chi connectivity index (χ1n) is 16.0. The molecule has 2 saturated heterocycles. The van der Waals surface area contributed by atoms with Crippen LogP contribution in [0.25, 0.3) is 16.6 Å². The monoisotopic (exact) mass is 686 g/mol. The normalized spacial score (nSPS) is 17.9. The molecule has 1 aromatic carbocycles. The van der Waals surface area contributed by atoms with Crippen molar-refractivity contribution in [3.63, 3.8) is 0 Å². The summed E-state index contributed by atoms with van der Waals surface area (Å²) in [5.41, 5.74) is 1.80. The van der Waals surface area contributed by atoms with E-state index in [1.807, 2.05) is 23.2 Å². The molecule has 14 heteroatoms. The van der Waals surface area contributed by atoms with E-state index < -0.39 is 17.0 Å². The fourth-order valence-electron chi connectivity index (χ4n) is 6.59. The average molecular weight is 687 g/mol. The molecule has 5 aromatic rings. The van der Waals surface area contributed by atoms with Crippen LogP contribution >= 0.6 is 11.6 Å². The van der Waals surface area contributed by atoms with Crippen molar-refractivity contribution >= 4 is 39.8 Å². The number of hydrogen-bond acceptors (Lipinski definition) is 10. The number of aromatic amines is 1. The molecular weight excluding hydrogens is 651 g/mol. The number of fused-ring (bicyclic) bond motifs is 1. The molecule has 2 aliphatic heterocycles. The lowest BCUT2D eigenvalue weighted by molar-refractivity contribution is 0.101. The number of likely N-dealkylation sites (N-methyl/N-ethyl adjacent to an activating group) is 1. The van der Waals surface area contributed by atoms with Crippen molar-refractivity contribution in [2.24, 2.45) is 0 Å². The number of carbonyl (C=O) groups excluding carboxylic acids is 1. The number of H-pyrrole nitrogens is 1. The fourth-order valence-corrected chi connectivity index (χ4v) is 6.75. The molecule has 0 saturated carbocycles. The SMILES string of the molecule is COc1ccc(Cl)c(OC[C@H]2CC(c3cn[nH]c3)CN2c2cc3c(cc2F)c(=O)c(C(C)=O)cn3-c2ccc(N3CC(N(C)C)C3)nc2)n1. The second-order valence-corrected chi connectivity index (χ2v) is 13.1. The molecule has 2 fully saturated rings. The van der Waals surface area contributed by atoms with Crippen LogP contribution in [0.4, 0.5) is 15.9 Å². The number of hydrogen-bond donors (Lipinski definition) is 1. The maximum atomic E-state index is 16.3. The zero-order valence-electron chi connectivity index (χ0n) is 27.6. The third-order valence-corrected chi connectivity index (χ3v) is 9.79. The summed E-state index contributed by atoms with van der Waals surface area (Å²) >= 11 is 6.38. The summed E-state index contributed by atoms with van der Waals surface area (Å²) in [4.78, 5) is 41.5. The molecule has 254 valence electrons. The van der Waals surface area contributed by atoms with Crippen LogP contribution in [0.5, 0.6) is 11.8 Å². The number of halogens is 2. The van der Waals surface area contributed by atoms with Crippen molar-refractivity contribution in [1.82, 2.24) is 29.6 Å². The van der Waals surface area contributed by atoms with Gasteiger partial charge in [0, 0.05) is 55.4 Å². The minimum atomic E-state index is -0.589. The number of carbonyl (C=O) groups is 1. The van der Waals surface area contributed by atoms with Crippen LogP contribution in [-0.4, -0.2) is 94.9 Å². The summed E-state index contributed by atoms with van der Waals surface area (Å²) in [7, 11) is 5.63. The van der Waals surface area contributed by atoms with Crippen LogP contribution in [0.15, 0.2) is 66.0 Å². The first kappa shape index (κ1) is 32.5. The lowest BCUT2D eigenvalue weighted by Gasteiger charge is -2.43. The number of ether oxygens (including phenoxy) is 2. The van der Waals surface area contributed by atoms with Gasteiger partial charge in [-0.25, -0.2) is 9.37 Å². The molecule has 4 aromatic heterocycles. The maximum absolute atomic E-state index is 16.3. The van der Waals surface area contributed by atoms with Gasteiger partial charge in [0.25, 0.3) is 0 Å². The van der Waals surface area contributed by atoms with Gasteiger partial charge < -0.3 is 28.7 Å². The zero-order valence-corrected chi connectivity index (χ0v) is 28.3. The number of ketones is 1. The van der Waals surface area contributed by atoms with Crippen LogP contribution in [0.2, 0.25) is 5.02 Å². The molecule has 0 aliphatic carbocycles. The third kappa shape index (κ3) is 6.19. The van der Waals surface area contributed by atoms with E-state index in [2.05, 4.69) is 39.1 Å². The number of anilines is 2. The summed E-state index contributed by atoms with van der Waals surface area (Å²) < 4.78 is 29.3. The lowest BCUT2D eigenvalue weighted by Crippen LogP contribution is -2.57. The Labute approximate surface area is 287 Å². The highest BCUT2D eigenvalue weighted by Gasteiger charge is 2.36. The maximum Gasteiger partial charge on any atom is 0.235 e. The van der Waals surface area contributed by atoms with Crippen molar-refractivity contribution in [2.75, 3.05) is 57.2 Å². The van der Waals surface area contributed by atoms with Gasteiger partial charge in [-0.05, 0) is 63.3 Å². The smallest absolute Gasteiger partial charge is 0.235 e. The standard InChI is InChI=1S/C35H36ClFN8O4/c1-20(46)27-18-45(23-5-7-32(38-14-23)43-16-25(17-43)42(2)3)30-11-31(29(37)10-26(30)34(27)47)44-15-21(22-12-39-40-13-22)9-24(44)19-49-35-28(36)6-8-33(41-35)48-4/h5-8,10-14,18,21,24-25H,9,15-17,19H2,1-4H3,(H,39,40)/t21?,24-/m1/s1. The van der Waals surface area contributed by atoms with Crippen molar-refractivity contribution < 1.29 is 18.7 Å². The highest BCUT2D eigenvalue weighted by molar-refractivity contribution is 6.31. The van der Waals surface area contributed by atoms with E-state index >= 15 is 4.39 Å². The third-order valence-electron chi connectivity index (χ3n) is 9.50. The van der Waals surface area contributed by atoms with E-state index in [4.69, 9.17) is 26.1 Å². The molecule has 0 spiro atoms. The Hall–Kier alpha value is -5.01. The molecule has 1 N–H and O–H groups in total. The molecule has 7 rings (SSSR count). The number of nitrogens with zero attached hydrogens (tertiary/aromatic N) is 7. The summed E-state index contributed by atoms with van der Waals surface area (Å²) in [6.07, 6.45) is 7.46. The quantitative estimate of drug-likeness (QED) is 0.207. The van der Waals surface area contributed by atoms with E-state index in [0.29, 0.717) is 46.8 Å². The molecule has 1 unspecified atom stereocenters. The number of nitrogens with one attached hydrogen (secondary N) is 1. The van der Waals surface area contributed by atoms with Gasteiger partial charge in [-0.2, -0.15) is 10.1 Å². The second kappa shape index (κ2) is 13.1. The molecule has 6 heterocycles. The van der Waals surface area contributed by atoms with E-state index in [1.165, 1.54) is 26.3 Å². The van der Waals surface area contributed by atoms with E-state index in [0.717, 1.165) is 24.5 Å². The van der Waals surface area contributed by atoms with Gasteiger partial charge in [-0.3, -0.25) is 14.7 Å².